The summed E-state index contributed by atoms with van der Waals surface area (Å²) in [5.41, 5.74) is 3.11. The summed E-state index contributed by atoms with van der Waals surface area (Å²) in [6.07, 6.45) is 4.16. The molecule has 0 bridgehead atoms. The van der Waals surface area contributed by atoms with Crippen molar-refractivity contribution in [2.45, 2.75) is 82.6 Å². The number of sulfonamides is 1. The average molecular weight is 532 g/mol. The maximum absolute atomic E-state index is 13.8. The number of carbonyl (C=O) groups is 1. The average Bonchev–Trinajstić information content (AvgIpc) is 3.68. The molecule has 4 aliphatic rings. The number of benzene rings is 1. The van der Waals surface area contributed by atoms with Crippen molar-refractivity contribution in [1.29, 1.82) is 0 Å². The van der Waals surface area contributed by atoms with Crippen LogP contribution in [0, 0.1) is 31.1 Å². The van der Waals surface area contributed by atoms with Gasteiger partial charge in [0.1, 0.15) is 5.76 Å². The Hall–Kier alpha value is -2.15. The summed E-state index contributed by atoms with van der Waals surface area (Å²) < 4.78 is 58.6. The number of hydrogen-bond donors (Lipinski definition) is 0. The molecule has 5 rings (SSSR count). The highest BCUT2D eigenvalue weighted by Crippen LogP contribution is 2.50. The van der Waals surface area contributed by atoms with Crippen LogP contribution < -0.4 is 0 Å². The Morgan fingerprint density at radius 1 is 0.944 bits per heavy atom. The highest BCUT2D eigenvalue weighted by Gasteiger charge is 2.49. The summed E-state index contributed by atoms with van der Waals surface area (Å²) in [6.45, 7) is 6.28. The number of allylic oxidation sites excluding steroid dienone is 2. The minimum absolute atomic E-state index is 0.138. The number of rotatable bonds is 6. The van der Waals surface area contributed by atoms with Gasteiger partial charge < -0.3 is 4.18 Å². The minimum Gasteiger partial charge on any atom is -0.386 e. The topological polar surface area (TPSA) is 97.8 Å². The van der Waals surface area contributed by atoms with Crippen LogP contribution in [0.4, 0.5) is 0 Å². The number of Topliss-reactive ketones (excluding diaryl/α,β-unsaturated/α-hetero) is 1. The lowest BCUT2D eigenvalue weighted by Gasteiger charge is -2.44. The van der Waals surface area contributed by atoms with E-state index in [0.717, 1.165) is 16.7 Å². The Morgan fingerprint density at radius 3 is 2.06 bits per heavy atom. The molecule has 0 amide bonds. The smallest absolute Gasteiger partial charge is 0.311 e. The molecule has 1 aromatic carbocycles. The van der Waals surface area contributed by atoms with E-state index in [9.17, 15) is 21.6 Å². The predicted molar refractivity (Wildman–Crippen MR) is 138 cm³/mol. The molecule has 0 unspecified atom stereocenters. The van der Waals surface area contributed by atoms with Crippen molar-refractivity contribution in [3.05, 3.63) is 40.1 Å². The van der Waals surface area contributed by atoms with Crippen LogP contribution in [0.2, 0.25) is 0 Å². The standard InChI is InChI=1S/C27H33NO6S2/c1-4-5-20-14-18(2)25(19(3)15-20)26-23(29)16-27(17-24(26)34-36(32,33)22-8-9-22)10-12-28(13-11-27)35(30,31)21-6-7-21/h14-15,21-22H,6-13,16-17H2,1-3H3. The maximum Gasteiger partial charge on any atom is 0.311 e. The van der Waals surface area contributed by atoms with Crippen molar-refractivity contribution in [3.8, 4) is 11.8 Å². The van der Waals surface area contributed by atoms with Gasteiger partial charge in [0, 0.05) is 31.5 Å². The van der Waals surface area contributed by atoms with E-state index < -0.39 is 30.8 Å². The molecule has 3 aliphatic carbocycles. The van der Waals surface area contributed by atoms with Crippen LogP contribution >= 0.6 is 0 Å². The molecule has 3 fully saturated rings. The van der Waals surface area contributed by atoms with Crippen LogP contribution in [0.15, 0.2) is 17.9 Å². The van der Waals surface area contributed by atoms with E-state index in [4.69, 9.17) is 4.18 Å². The van der Waals surface area contributed by atoms with Crippen LogP contribution in [0.5, 0.6) is 0 Å². The molecule has 1 heterocycles. The molecule has 0 aromatic heterocycles. The monoisotopic (exact) mass is 531 g/mol. The molecule has 7 nitrogen and oxygen atoms in total. The molecule has 1 spiro atoms. The first-order chi connectivity index (χ1) is 17.0. The maximum atomic E-state index is 13.8. The number of nitrogens with zero attached hydrogens (tertiary/aromatic N) is 1. The van der Waals surface area contributed by atoms with Crippen molar-refractivity contribution in [3.63, 3.8) is 0 Å². The minimum atomic E-state index is -3.82. The highest BCUT2D eigenvalue weighted by molar-refractivity contribution is 7.90. The summed E-state index contributed by atoms with van der Waals surface area (Å²) >= 11 is 0. The lowest BCUT2D eigenvalue weighted by atomic mass is 9.67. The first-order valence-electron chi connectivity index (χ1n) is 12.7. The second-order valence-corrected chi connectivity index (χ2v) is 14.9. The molecule has 2 saturated carbocycles. The van der Waals surface area contributed by atoms with Crippen LogP contribution in [0.25, 0.3) is 5.57 Å². The molecule has 1 saturated heterocycles. The summed E-state index contributed by atoms with van der Waals surface area (Å²) in [4.78, 5) is 13.8. The normalized spacial score (nSPS) is 22.9. The number of aryl methyl sites for hydroxylation is 2. The van der Waals surface area contributed by atoms with Gasteiger partial charge in [0.05, 0.1) is 16.1 Å². The van der Waals surface area contributed by atoms with Crippen molar-refractivity contribution < 1.29 is 25.8 Å². The van der Waals surface area contributed by atoms with E-state index in [0.29, 0.717) is 69.2 Å². The van der Waals surface area contributed by atoms with Crippen LogP contribution in [-0.2, 0) is 29.1 Å². The number of ketones is 1. The fourth-order valence-electron chi connectivity index (χ4n) is 5.71. The van der Waals surface area contributed by atoms with Gasteiger partial charge in [0.15, 0.2) is 5.78 Å². The largest absolute Gasteiger partial charge is 0.386 e. The Kier molecular flexibility index (Phi) is 6.37. The van der Waals surface area contributed by atoms with E-state index >= 15 is 0 Å². The number of hydrogen-bond acceptors (Lipinski definition) is 6. The van der Waals surface area contributed by atoms with Crippen molar-refractivity contribution >= 4 is 31.5 Å². The third-order valence-electron chi connectivity index (χ3n) is 7.92. The van der Waals surface area contributed by atoms with E-state index in [1.807, 2.05) is 26.0 Å². The number of carbonyl (C=O) groups excluding carboxylic acids is 1. The zero-order valence-corrected chi connectivity index (χ0v) is 22.7. The quantitative estimate of drug-likeness (QED) is 0.409. The van der Waals surface area contributed by atoms with Gasteiger partial charge in [-0.3, -0.25) is 4.79 Å². The molecule has 0 radical (unpaired) electrons. The first kappa shape index (κ1) is 25.5. The molecule has 36 heavy (non-hydrogen) atoms. The Labute approximate surface area is 214 Å². The SMILES string of the molecule is CC#Cc1cc(C)c(C2=C(OS(=O)(=O)C3CC3)CC3(CCN(S(=O)(=O)C4CC4)CC3)CC2=O)c(C)c1. The Balaban J connectivity index is 1.52. The molecule has 0 atom stereocenters. The van der Waals surface area contributed by atoms with Crippen LogP contribution in [-0.4, -0.2) is 50.5 Å². The van der Waals surface area contributed by atoms with Crippen molar-refractivity contribution in [1.82, 2.24) is 4.31 Å². The van der Waals surface area contributed by atoms with Gasteiger partial charge in [-0.05, 0) is 93.5 Å². The van der Waals surface area contributed by atoms with E-state index in [1.54, 1.807) is 11.2 Å². The molecular weight excluding hydrogens is 498 g/mol. The first-order valence-corrected chi connectivity index (χ1v) is 15.7. The van der Waals surface area contributed by atoms with E-state index in [2.05, 4.69) is 11.8 Å². The highest BCUT2D eigenvalue weighted by atomic mass is 32.2. The van der Waals surface area contributed by atoms with Gasteiger partial charge in [0.25, 0.3) is 0 Å². The fraction of sp³-hybridized carbons (Fsp3) is 0.593. The van der Waals surface area contributed by atoms with E-state index in [1.165, 1.54) is 0 Å². The van der Waals surface area contributed by atoms with Gasteiger partial charge in [0.2, 0.25) is 10.0 Å². The summed E-state index contributed by atoms with van der Waals surface area (Å²) in [7, 11) is -7.10. The zero-order chi connectivity index (χ0) is 25.9. The van der Waals surface area contributed by atoms with Crippen molar-refractivity contribution in [2.24, 2.45) is 5.41 Å². The Bertz CT molecular complexity index is 1390. The van der Waals surface area contributed by atoms with Gasteiger partial charge in [-0.15, -0.1) is 5.92 Å². The molecular formula is C27H33NO6S2. The lowest BCUT2D eigenvalue weighted by Crippen LogP contribution is -2.46. The van der Waals surface area contributed by atoms with Crippen LogP contribution in [0.3, 0.4) is 0 Å². The second kappa shape index (κ2) is 9.00. The molecule has 194 valence electrons. The van der Waals surface area contributed by atoms with Crippen molar-refractivity contribution in [2.75, 3.05) is 13.1 Å². The van der Waals surface area contributed by atoms with Gasteiger partial charge in [-0.1, -0.05) is 5.92 Å². The third-order valence-corrected chi connectivity index (χ3v) is 12.0. The van der Waals surface area contributed by atoms with E-state index in [-0.39, 0.29) is 23.2 Å². The summed E-state index contributed by atoms with van der Waals surface area (Å²) in [5, 5.41) is -0.783. The van der Waals surface area contributed by atoms with Gasteiger partial charge in [-0.2, -0.15) is 8.42 Å². The zero-order valence-electron chi connectivity index (χ0n) is 21.1. The Morgan fingerprint density at radius 2 is 1.53 bits per heavy atom. The molecule has 1 aromatic rings. The second-order valence-electron chi connectivity index (χ2n) is 10.9. The molecule has 1 aliphatic heterocycles. The predicted octanol–water partition coefficient (Wildman–Crippen LogP) is 3.83. The number of piperidine rings is 1. The molecule has 9 heteroatoms. The summed E-state index contributed by atoms with van der Waals surface area (Å²) in [6, 6.07) is 3.83. The third kappa shape index (κ3) is 4.75. The fourth-order valence-corrected chi connectivity index (χ4v) is 8.83. The summed E-state index contributed by atoms with van der Waals surface area (Å²) in [5.74, 6) is 6.02. The molecule has 0 N–H and O–H groups in total. The van der Waals surface area contributed by atoms with Crippen LogP contribution in [0.1, 0.15) is 80.5 Å². The van der Waals surface area contributed by atoms with Gasteiger partial charge in [-0.25, -0.2) is 12.7 Å². The lowest BCUT2D eigenvalue weighted by molar-refractivity contribution is -0.117. The van der Waals surface area contributed by atoms with Gasteiger partial charge >= 0.3 is 10.1 Å².